The van der Waals surface area contributed by atoms with Gasteiger partial charge in [0.15, 0.2) is 10.7 Å². The second-order valence-electron chi connectivity index (χ2n) is 1.99. The van der Waals surface area contributed by atoms with E-state index in [1.54, 1.807) is 6.20 Å². The molecule has 62 valence electrons. The van der Waals surface area contributed by atoms with Crippen molar-refractivity contribution in [2.45, 2.75) is 12.4 Å². The zero-order chi connectivity index (χ0) is 8.27. The highest BCUT2D eigenvalue weighted by atomic mass is 32.2. The van der Waals surface area contributed by atoms with Gasteiger partial charge in [-0.3, -0.25) is 0 Å². The summed E-state index contributed by atoms with van der Waals surface area (Å²) in [6.45, 7) is 0.260. The predicted octanol–water partition coefficient (Wildman–Crippen LogP) is -1.09. The fourth-order valence-electron chi connectivity index (χ4n) is 0.783. The maximum Gasteiger partial charge on any atom is 0.158 e. The van der Waals surface area contributed by atoms with Gasteiger partial charge in [0.05, 0.1) is 6.54 Å². The largest absolute Gasteiger partial charge is 0.324 e. The van der Waals surface area contributed by atoms with Gasteiger partial charge in [0.25, 0.3) is 0 Å². The zero-order valence-electron chi connectivity index (χ0n) is 5.80. The normalized spacial score (nSPS) is 10.7. The fourth-order valence-corrected chi connectivity index (χ4v) is 1.29. The topological polar surface area (TPSA) is 78.0 Å². The van der Waals surface area contributed by atoms with Crippen molar-refractivity contribution in [2.75, 3.05) is 0 Å². The minimum Gasteiger partial charge on any atom is -0.324 e. The average molecular weight is 175 g/mol. The number of nitrogens with zero attached hydrogens (tertiary/aromatic N) is 2. The predicted molar refractivity (Wildman–Crippen MR) is 40.4 cm³/mol. The third-order valence-electron chi connectivity index (χ3n) is 1.25. The summed E-state index contributed by atoms with van der Waals surface area (Å²) in [5, 5.41) is 0. The van der Waals surface area contributed by atoms with Gasteiger partial charge in [0.1, 0.15) is 11.7 Å². The van der Waals surface area contributed by atoms with E-state index in [1.165, 1.54) is 10.8 Å². The quantitative estimate of drug-likeness (QED) is 0.572. The van der Waals surface area contributed by atoms with E-state index in [1.807, 2.05) is 0 Å². The lowest BCUT2D eigenvalue weighted by atomic mass is 10.6. The first kappa shape index (κ1) is 8.22. The minimum absolute atomic E-state index is 0.0398. The Morgan fingerprint density at radius 1 is 1.64 bits per heavy atom. The van der Waals surface area contributed by atoms with Crippen molar-refractivity contribution in [3.8, 4) is 0 Å². The maximum atomic E-state index is 10.3. The van der Waals surface area contributed by atoms with Gasteiger partial charge in [-0.1, -0.05) is 0 Å². The monoisotopic (exact) mass is 175 g/mol. The maximum absolute atomic E-state index is 10.3. The van der Waals surface area contributed by atoms with Crippen LogP contribution in [0.2, 0.25) is 0 Å². The van der Waals surface area contributed by atoms with Crippen LogP contribution in [0.1, 0.15) is 5.82 Å². The molecule has 0 radical (unpaired) electrons. The third kappa shape index (κ3) is 2.02. The van der Waals surface area contributed by atoms with Gasteiger partial charge >= 0.3 is 0 Å². The molecule has 0 saturated carbocycles. The summed E-state index contributed by atoms with van der Waals surface area (Å²) >= 11 is 0. The summed E-state index contributed by atoms with van der Waals surface area (Å²) in [5.74, 6) is 0.547. The number of thiol groups is 1. The Labute approximate surface area is 65.8 Å². The van der Waals surface area contributed by atoms with Gasteiger partial charge < -0.3 is 10.3 Å². The van der Waals surface area contributed by atoms with Crippen LogP contribution in [0.15, 0.2) is 12.4 Å². The Balaban J connectivity index is 2.84. The molecule has 1 rings (SSSR count). The Kier molecular flexibility index (Phi) is 2.61. The molecule has 0 amide bonds. The molecule has 6 heteroatoms. The first-order valence-electron chi connectivity index (χ1n) is 3.06. The summed E-state index contributed by atoms with van der Waals surface area (Å²) in [4.78, 5) is 3.86. The van der Waals surface area contributed by atoms with Crippen molar-refractivity contribution in [3.63, 3.8) is 0 Å². The number of rotatable bonds is 3. The van der Waals surface area contributed by atoms with E-state index in [0.717, 1.165) is 0 Å². The summed E-state index contributed by atoms with van der Waals surface area (Å²) in [6, 6.07) is 0. The van der Waals surface area contributed by atoms with Gasteiger partial charge in [-0.15, -0.1) is 0 Å². The summed E-state index contributed by atoms with van der Waals surface area (Å²) in [7, 11) is -2.41. The average Bonchev–Trinajstić information content (AvgIpc) is 2.34. The second-order valence-corrected chi connectivity index (χ2v) is 2.94. The summed E-state index contributed by atoms with van der Waals surface area (Å²) in [5.41, 5.74) is 5.29. The Hall–Kier alpha value is -0.880. The van der Waals surface area contributed by atoms with E-state index in [2.05, 4.69) is 4.98 Å². The molecule has 11 heavy (non-hydrogen) atoms. The van der Waals surface area contributed by atoms with E-state index in [-0.39, 0.29) is 12.4 Å². The van der Waals surface area contributed by atoms with Gasteiger partial charge in [-0.05, 0) is 0 Å². The van der Waals surface area contributed by atoms with Crippen LogP contribution in [-0.4, -0.2) is 18.0 Å². The lowest BCUT2D eigenvalue weighted by Crippen LogP contribution is -2.08. The molecule has 0 fully saturated rings. The van der Waals surface area contributed by atoms with Gasteiger partial charge in [0, 0.05) is 12.4 Å². The third-order valence-corrected chi connectivity index (χ3v) is 1.79. The molecule has 0 aromatic carbocycles. The molecule has 5 nitrogen and oxygen atoms in total. The van der Waals surface area contributed by atoms with Crippen molar-refractivity contribution in [1.29, 1.82) is 0 Å². The van der Waals surface area contributed by atoms with Crippen LogP contribution in [0.5, 0.6) is 0 Å². The first-order valence-corrected chi connectivity index (χ1v) is 4.42. The molecule has 0 atom stereocenters. The lowest BCUT2D eigenvalue weighted by molar-refractivity contribution is 0.600. The highest BCUT2D eigenvalue weighted by Crippen LogP contribution is 1.95. The van der Waals surface area contributed by atoms with Crippen LogP contribution >= 0.6 is 0 Å². The van der Waals surface area contributed by atoms with Crippen LogP contribution in [0.3, 0.4) is 0 Å². The van der Waals surface area contributed by atoms with Crippen molar-refractivity contribution < 1.29 is 8.42 Å². The molecular weight excluding hydrogens is 166 g/mol. The van der Waals surface area contributed by atoms with Crippen LogP contribution in [0.25, 0.3) is 0 Å². The smallest absolute Gasteiger partial charge is 0.158 e. The zero-order valence-corrected chi connectivity index (χ0v) is 6.70. The standard InChI is InChI=1S/C5H9N3O2S/c6-3-5-7-1-2-8(5)4-11(9)10/h1-2,11H,3-4,6H2. The molecule has 0 saturated heterocycles. The lowest BCUT2D eigenvalue weighted by Gasteiger charge is -1.98. The molecule has 0 unspecified atom stereocenters. The molecule has 0 aliphatic carbocycles. The van der Waals surface area contributed by atoms with Crippen LogP contribution in [0.4, 0.5) is 0 Å². The van der Waals surface area contributed by atoms with E-state index in [9.17, 15) is 8.42 Å². The minimum atomic E-state index is -2.41. The number of nitrogens with two attached hydrogens (primary N) is 1. The van der Waals surface area contributed by atoms with E-state index < -0.39 is 10.7 Å². The molecule has 0 aliphatic heterocycles. The Bertz CT molecular complexity index is 296. The molecule has 0 bridgehead atoms. The van der Waals surface area contributed by atoms with Crippen molar-refractivity contribution in [1.82, 2.24) is 9.55 Å². The Morgan fingerprint density at radius 2 is 2.36 bits per heavy atom. The molecule has 1 heterocycles. The number of imidazole rings is 1. The fraction of sp³-hybridized carbons (Fsp3) is 0.400. The highest BCUT2D eigenvalue weighted by Gasteiger charge is 1.99. The van der Waals surface area contributed by atoms with E-state index >= 15 is 0 Å². The van der Waals surface area contributed by atoms with Crippen LogP contribution < -0.4 is 5.73 Å². The molecule has 1 aromatic rings. The van der Waals surface area contributed by atoms with Gasteiger partial charge in [-0.2, -0.15) is 0 Å². The van der Waals surface area contributed by atoms with Crippen LogP contribution in [0, 0.1) is 0 Å². The van der Waals surface area contributed by atoms with Crippen molar-refractivity contribution >= 4 is 10.7 Å². The molecule has 0 aliphatic rings. The van der Waals surface area contributed by atoms with Gasteiger partial charge in [-0.25, -0.2) is 13.4 Å². The second kappa shape index (κ2) is 3.49. The first-order chi connectivity index (χ1) is 5.24. The summed E-state index contributed by atoms with van der Waals surface area (Å²) in [6.07, 6.45) is 3.12. The molecule has 0 spiro atoms. The summed E-state index contributed by atoms with van der Waals surface area (Å²) < 4.78 is 22.1. The molecule has 1 aromatic heterocycles. The molecule has 2 N–H and O–H groups in total. The van der Waals surface area contributed by atoms with Crippen molar-refractivity contribution in [2.24, 2.45) is 5.73 Å². The Morgan fingerprint density at radius 3 is 2.91 bits per heavy atom. The highest BCUT2D eigenvalue weighted by molar-refractivity contribution is 7.71. The van der Waals surface area contributed by atoms with Crippen molar-refractivity contribution in [3.05, 3.63) is 18.2 Å². The van der Waals surface area contributed by atoms with Crippen LogP contribution in [-0.2, 0) is 23.1 Å². The number of aromatic nitrogens is 2. The van der Waals surface area contributed by atoms with E-state index in [4.69, 9.17) is 5.73 Å². The number of hydrogen-bond donors (Lipinski definition) is 2. The molecular formula is C5H9N3O2S. The van der Waals surface area contributed by atoms with Gasteiger partial charge in [0.2, 0.25) is 0 Å². The van der Waals surface area contributed by atoms with E-state index in [0.29, 0.717) is 5.82 Å². The number of hydrogen-bond acceptors (Lipinski definition) is 4. The SMILES string of the molecule is NCc1nccn1C[SH](=O)=O.